The molecule has 23 heavy (non-hydrogen) atoms. The van der Waals surface area contributed by atoms with E-state index in [1.807, 2.05) is 18.2 Å². The summed E-state index contributed by atoms with van der Waals surface area (Å²) in [6.45, 7) is 0.503. The molecule has 0 saturated heterocycles. The van der Waals surface area contributed by atoms with E-state index in [4.69, 9.17) is 10.00 Å². The van der Waals surface area contributed by atoms with Crippen molar-refractivity contribution in [3.63, 3.8) is 0 Å². The molecule has 0 unspecified atom stereocenters. The van der Waals surface area contributed by atoms with Crippen LogP contribution in [0.3, 0.4) is 0 Å². The van der Waals surface area contributed by atoms with Crippen LogP contribution in [0, 0.1) is 11.3 Å². The molecule has 0 bridgehead atoms. The van der Waals surface area contributed by atoms with Crippen LogP contribution >= 0.6 is 0 Å². The minimum Gasteiger partial charge on any atom is -0.497 e. The molecular formula is C17H16N4O2. The van der Waals surface area contributed by atoms with Crippen molar-refractivity contribution < 1.29 is 9.53 Å². The lowest BCUT2D eigenvalue weighted by atomic mass is 10.2. The smallest absolute Gasteiger partial charge is 0.267 e. The Morgan fingerprint density at radius 1 is 1.26 bits per heavy atom. The van der Waals surface area contributed by atoms with Gasteiger partial charge in [0.1, 0.15) is 17.4 Å². The van der Waals surface area contributed by atoms with Crippen LogP contribution in [0.1, 0.15) is 5.56 Å². The zero-order chi connectivity index (χ0) is 16.5. The average Bonchev–Trinajstić information content (AvgIpc) is 2.60. The third kappa shape index (κ3) is 4.86. The van der Waals surface area contributed by atoms with Gasteiger partial charge in [-0.05, 0) is 42.0 Å². The summed E-state index contributed by atoms with van der Waals surface area (Å²) < 4.78 is 5.05. The molecule has 0 saturated carbocycles. The van der Waals surface area contributed by atoms with Gasteiger partial charge in [0.2, 0.25) is 0 Å². The van der Waals surface area contributed by atoms with Crippen molar-refractivity contribution in [3.8, 4) is 11.8 Å². The molecule has 1 heterocycles. The molecule has 1 amide bonds. The van der Waals surface area contributed by atoms with Crippen molar-refractivity contribution in [2.75, 3.05) is 12.4 Å². The molecule has 2 aromatic rings. The van der Waals surface area contributed by atoms with Gasteiger partial charge in [0.25, 0.3) is 5.91 Å². The number of aromatic nitrogens is 1. The first-order valence-corrected chi connectivity index (χ1v) is 6.91. The molecule has 6 heteroatoms. The number of methoxy groups -OCH3 is 1. The van der Waals surface area contributed by atoms with Crippen LogP contribution in [0.15, 0.2) is 60.6 Å². The molecule has 2 N–H and O–H groups in total. The Morgan fingerprint density at radius 2 is 1.96 bits per heavy atom. The fourth-order valence-corrected chi connectivity index (χ4v) is 1.79. The quantitative estimate of drug-likeness (QED) is 0.631. The molecule has 0 aliphatic rings. The van der Waals surface area contributed by atoms with Gasteiger partial charge in [-0.25, -0.2) is 0 Å². The van der Waals surface area contributed by atoms with E-state index >= 15 is 0 Å². The topological polar surface area (TPSA) is 87.0 Å². The number of benzene rings is 1. The van der Waals surface area contributed by atoms with Crippen molar-refractivity contribution in [1.29, 1.82) is 5.26 Å². The minimum absolute atomic E-state index is 0.00475. The summed E-state index contributed by atoms with van der Waals surface area (Å²) in [5.74, 6) is 0.220. The molecule has 116 valence electrons. The van der Waals surface area contributed by atoms with Gasteiger partial charge < -0.3 is 15.4 Å². The van der Waals surface area contributed by atoms with Crippen molar-refractivity contribution >= 4 is 11.6 Å². The van der Waals surface area contributed by atoms with E-state index in [2.05, 4.69) is 15.6 Å². The summed E-state index contributed by atoms with van der Waals surface area (Å²) in [4.78, 5) is 16.0. The highest BCUT2D eigenvalue weighted by molar-refractivity contribution is 6.06. The standard InChI is InChI=1S/C17H16N4O2/c1-23-16-4-2-15(3-5-16)21-17(22)14(10-18)12-20-11-13-6-8-19-9-7-13/h2-9,12,20H,11H2,1H3,(H,21,22)/b14-12-. The first-order valence-electron chi connectivity index (χ1n) is 6.91. The lowest BCUT2D eigenvalue weighted by Crippen LogP contribution is -2.16. The zero-order valence-electron chi connectivity index (χ0n) is 12.6. The number of nitrogens with one attached hydrogen (secondary N) is 2. The lowest BCUT2D eigenvalue weighted by molar-refractivity contribution is -0.112. The predicted molar refractivity (Wildman–Crippen MR) is 86.4 cm³/mol. The number of nitriles is 1. The Morgan fingerprint density at radius 3 is 2.57 bits per heavy atom. The summed E-state index contributed by atoms with van der Waals surface area (Å²) in [6, 6.07) is 12.5. The SMILES string of the molecule is COc1ccc(NC(=O)/C(C#N)=C\NCc2ccncc2)cc1. The maximum Gasteiger partial charge on any atom is 0.267 e. The molecule has 0 aliphatic carbocycles. The van der Waals surface area contributed by atoms with E-state index in [1.54, 1.807) is 43.8 Å². The van der Waals surface area contributed by atoms with Gasteiger partial charge in [-0.1, -0.05) is 0 Å². The molecule has 1 aromatic carbocycles. The number of amides is 1. The number of carbonyl (C=O) groups is 1. The van der Waals surface area contributed by atoms with Crippen LogP contribution in [0.2, 0.25) is 0 Å². The van der Waals surface area contributed by atoms with E-state index in [9.17, 15) is 4.79 Å². The Bertz CT molecular complexity index is 719. The third-order valence-electron chi connectivity index (χ3n) is 3.01. The molecule has 0 spiro atoms. The number of anilines is 1. The number of nitrogens with zero attached hydrogens (tertiary/aromatic N) is 2. The van der Waals surface area contributed by atoms with E-state index in [0.717, 1.165) is 5.56 Å². The number of ether oxygens (including phenoxy) is 1. The average molecular weight is 308 g/mol. The van der Waals surface area contributed by atoms with E-state index in [0.29, 0.717) is 18.0 Å². The highest BCUT2D eigenvalue weighted by atomic mass is 16.5. The second kappa shape index (κ2) is 8.20. The molecule has 0 atom stereocenters. The molecule has 1 aromatic heterocycles. The van der Waals surface area contributed by atoms with Crippen LogP contribution in [-0.4, -0.2) is 18.0 Å². The Kier molecular flexibility index (Phi) is 5.72. The van der Waals surface area contributed by atoms with Crippen molar-refractivity contribution in [2.45, 2.75) is 6.54 Å². The molecule has 0 fully saturated rings. The van der Waals surface area contributed by atoms with Crippen LogP contribution in [0.5, 0.6) is 5.75 Å². The van der Waals surface area contributed by atoms with Gasteiger partial charge in [-0.15, -0.1) is 0 Å². The summed E-state index contributed by atoms with van der Waals surface area (Å²) in [7, 11) is 1.57. The van der Waals surface area contributed by atoms with Crippen LogP contribution in [0.25, 0.3) is 0 Å². The summed E-state index contributed by atoms with van der Waals surface area (Å²) in [6.07, 6.45) is 4.77. The van der Waals surface area contributed by atoms with Crippen LogP contribution in [0.4, 0.5) is 5.69 Å². The number of carbonyl (C=O) groups excluding carboxylic acids is 1. The Labute approximate surface area is 134 Å². The minimum atomic E-state index is -0.472. The van der Waals surface area contributed by atoms with Gasteiger partial charge in [0, 0.05) is 30.8 Å². The Hall–Kier alpha value is -3.33. The second-order valence-corrected chi connectivity index (χ2v) is 4.59. The van der Waals surface area contributed by atoms with Crippen LogP contribution in [-0.2, 0) is 11.3 Å². The van der Waals surface area contributed by atoms with E-state index in [-0.39, 0.29) is 5.57 Å². The first-order chi connectivity index (χ1) is 11.2. The zero-order valence-corrected chi connectivity index (χ0v) is 12.6. The van der Waals surface area contributed by atoms with Gasteiger partial charge in [0.05, 0.1) is 7.11 Å². The number of rotatable bonds is 6. The molecule has 0 aliphatic heterocycles. The summed E-state index contributed by atoms with van der Waals surface area (Å²) in [5.41, 5.74) is 1.59. The van der Waals surface area contributed by atoms with Gasteiger partial charge in [-0.2, -0.15) is 5.26 Å². The fraction of sp³-hybridized carbons (Fsp3) is 0.118. The van der Waals surface area contributed by atoms with Crippen molar-refractivity contribution in [1.82, 2.24) is 10.3 Å². The highest BCUT2D eigenvalue weighted by Gasteiger charge is 2.09. The fourth-order valence-electron chi connectivity index (χ4n) is 1.79. The molecule has 6 nitrogen and oxygen atoms in total. The summed E-state index contributed by atoms with van der Waals surface area (Å²) in [5, 5.41) is 14.7. The lowest BCUT2D eigenvalue weighted by Gasteiger charge is -2.06. The van der Waals surface area contributed by atoms with Gasteiger partial charge >= 0.3 is 0 Å². The number of hydrogen-bond acceptors (Lipinski definition) is 5. The maximum absolute atomic E-state index is 12.1. The number of hydrogen-bond donors (Lipinski definition) is 2. The molecule has 2 rings (SSSR count). The Balaban J connectivity index is 1.94. The predicted octanol–water partition coefficient (Wildman–Crippen LogP) is 2.23. The largest absolute Gasteiger partial charge is 0.497 e. The first kappa shape index (κ1) is 16.0. The second-order valence-electron chi connectivity index (χ2n) is 4.59. The molecule has 0 radical (unpaired) electrons. The molecular weight excluding hydrogens is 292 g/mol. The highest BCUT2D eigenvalue weighted by Crippen LogP contribution is 2.15. The number of pyridine rings is 1. The van der Waals surface area contributed by atoms with E-state index < -0.39 is 5.91 Å². The maximum atomic E-state index is 12.1. The van der Waals surface area contributed by atoms with Crippen molar-refractivity contribution in [3.05, 3.63) is 66.1 Å². The van der Waals surface area contributed by atoms with Gasteiger partial charge in [0.15, 0.2) is 0 Å². The summed E-state index contributed by atoms with van der Waals surface area (Å²) >= 11 is 0. The van der Waals surface area contributed by atoms with Crippen LogP contribution < -0.4 is 15.4 Å². The normalized spacial score (nSPS) is 10.5. The van der Waals surface area contributed by atoms with E-state index in [1.165, 1.54) is 6.20 Å². The van der Waals surface area contributed by atoms with Gasteiger partial charge in [-0.3, -0.25) is 9.78 Å². The van der Waals surface area contributed by atoms with Crippen molar-refractivity contribution in [2.24, 2.45) is 0 Å². The third-order valence-corrected chi connectivity index (χ3v) is 3.01. The monoisotopic (exact) mass is 308 g/mol.